The number of pyridine rings is 1. The van der Waals surface area contributed by atoms with Crippen molar-refractivity contribution in [3.8, 4) is 17.5 Å². The highest BCUT2D eigenvalue weighted by atomic mass is 32.1. The zero-order valence-electron chi connectivity index (χ0n) is 15.2. The molecule has 0 radical (unpaired) electrons. The van der Waals surface area contributed by atoms with Gasteiger partial charge in [-0.1, -0.05) is 30.3 Å². The average Bonchev–Trinajstić information content (AvgIpc) is 3.28. The number of nitriles is 1. The third-order valence-corrected chi connectivity index (χ3v) is 5.84. The molecule has 3 heterocycles. The van der Waals surface area contributed by atoms with Crippen molar-refractivity contribution < 1.29 is 4.74 Å². The summed E-state index contributed by atoms with van der Waals surface area (Å²) < 4.78 is 7.55. The first kappa shape index (κ1) is 17.3. The number of fused-ring (bicyclic) bond motifs is 3. The van der Waals surface area contributed by atoms with Gasteiger partial charge in [-0.15, -0.1) is 0 Å². The molecule has 0 aliphatic carbocycles. The molecule has 2 aromatic heterocycles. The molecule has 0 amide bonds. The van der Waals surface area contributed by atoms with Gasteiger partial charge in [-0.05, 0) is 46.7 Å². The van der Waals surface area contributed by atoms with Gasteiger partial charge in [0.25, 0.3) is 5.56 Å². The van der Waals surface area contributed by atoms with Crippen LogP contribution in [0.5, 0.6) is 5.75 Å². The molecule has 0 fully saturated rings. The molecule has 29 heavy (non-hydrogen) atoms. The molecular formula is C23H15N3O2S. The zero-order chi connectivity index (χ0) is 20.0. The van der Waals surface area contributed by atoms with Crippen LogP contribution in [0.3, 0.4) is 0 Å². The van der Waals surface area contributed by atoms with Crippen molar-refractivity contribution in [2.24, 2.45) is 5.73 Å². The van der Waals surface area contributed by atoms with Gasteiger partial charge in [0.2, 0.25) is 5.88 Å². The lowest BCUT2D eigenvalue weighted by molar-refractivity contribution is 0.396. The fourth-order valence-electron chi connectivity index (χ4n) is 3.87. The Bertz CT molecular complexity index is 1360. The van der Waals surface area contributed by atoms with Crippen LogP contribution in [0.25, 0.3) is 16.6 Å². The predicted octanol–water partition coefficient (Wildman–Crippen LogP) is 4.27. The summed E-state index contributed by atoms with van der Waals surface area (Å²) in [6.07, 6.45) is 0. The Balaban J connectivity index is 1.95. The molecule has 0 bridgehead atoms. The van der Waals surface area contributed by atoms with Gasteiger partial charge in [0.1, 0.15) is 17.4 Å². The molecule has 1 aliphatic heterocycles. The number of hydrogen-bond donors (Lipinski definition) is 1. The second-order valence-corrected chi connectivity index (χ2v) is 7.50. The predicted molar refractivity (Wildman–Crippen MR) is 113 cm³/mol. The maximum atomic E-state index is 13.8. The minimum atomic E-state index is -0.568. The van der Waals surface area contributed by atoms with Gasteiger partial charge in [-0.3, -0.25) is 9.36 Å². The Morgan fingerprint density at radius 2 is 1.83 bits per heavy atom. The second kappa shape index (κ2) is 6.66. The summed E-state index contributed by atoms with van der Waals surface area (Å²) >= 11 is 1.51. The van der Waals surface area contributed by atoms with Crippen LogP contribution in [-0.4, -0.2) is 4.57 Å². The lowest BCUT2D eigenvalue weighted by atomic mass is 9.84. The Hall–Kier alpha value is -3.82. The Morgan fingerprint density at radius 3 is 2.55 bits per heavy atom. The molecule has 0 saturated carbocycles. The van der Waals surface area contributed by atoms with Crippen LogP contribution in [0.15, 0.2) is 87.7 Å². The Morgan fingerprint density at radius 1 is 1.07 bits per heavy atom. The highest BCUT2D eigenvalue weighted by Gasteiger charge is 2.35. The number of ether oxygens (including phenoxy) is 1. The van der Waals surface area contributed by atoms with Crippen LogP contribution >= 0.6 is 11.3 Å². The highest BCUT2D eigenvalue weighted by Crippen LogP contribution is 2.44. The summed E-state index contributed by atoms with van der Waals surface area (Å²) in [5, 5.41) is 14.4. The fourth-order valence-corrected chi connectivity index (χ4v) is 4.56. The van der Waals surface area contributed by atoms with E-state index in [0.717, 1.165) is 22.2 Å². The summed E-state index contributed by atoms with van der Waals surface area (Å²) in [5.41, 5.74) is 8.91. The molecule has 0 saturated heterocycles. The van der Waals surface area contributed by atoms with Crippen LogP contribution in [0, 0.1) is 11.3 Å². The molecule has 140 valence electrons. The SMILES string of the molecule is N#CC1=C(N)Oc2c(c(=O)n(-c3ccccc3)c3ccccc23)C1c1ccsc1. The number of allylic oxidation sites excluding steroid dienone is 1. The molecule has 6 heteroatoms. The number of nitrogens with zero attached hydrogens (tertiary/aromatic N) is 2. The number of benzene rings is 2. The first-order valence-corrected chi connectivity index (χ1v) is 9.97. The molecule has 5 nitrogen and oxygen atoms in total. The van der Waals surface area contributed by atoms with Crippen LogP contribution in [0.4, 0.5) is 0 Å². The largest absolute Gasteiger partial charge is 0.439 e. The summed E-state index contributed by atoms with van der Waals surface area (Å²) in [4.78, 5) is 13.8. The first-order chi connectivity index (χ1) is 14.2. The number of hydrogen-bond acceptors (Lipinski definition) is 5. The number of nitrogens with two attached hydrogens (primary N) is 1. The monoisotopic (exact) mass is 397 g/mol. The summed E-state index contributed by atoms with van der Waals surface area (Å²) in [7, 11) is 0. The second-order valence-electron chi connectivity index (χ2n) is 6.72. The van der Waals surface area contributed by atoms with Crippen molar-refractivity contribution in [1.29, 1.82) is 5.26 Å². The van der Waals surface area contributed by atoms with E-state index in [0.29, 0.717) is 11.3 Å². The smallest absolute Gasteiger partial charge is 0.263 e. The first-order valence-electron chi connectivity index (χ1n) is 9.03. The van der Waals surface area contributed by atoms with Crippen LogP contribution in [-0.2, 0) is 0 Å². The molecule has 1 atom stereocenters. The Labute approximate surface area is 170 Å². The number of thiophene rings is 1. The van der Waals surface area contributed by atoms with Crippen molar-refractivity contribution in [2.75, 3.05) is 0 Å². The van der Waals surface area contributed by atoms with E-state index in [4.69, 9.17) is 10.5 Å². The third kappa shape index (κ3) is 2.56. The fraction of sp³-hybridized carbons (Fsp3) is 0.0435. The van der Waals surface area contributed by atoms with Crippen molar-refractivity contribution >= 4 is 22.2 Å². The molecule has 1 unspecified atom stereocenters. The van der Waals surface area contributed by atoms with Gasteiger partial charge in [0.15, 0.2) is 0 Å². The van der Waals surface area contributed by atoms with Crippen LogP contribution in [0.2, 0.25) is 0 Å². The zero-order valence-corrected chi connectivity index (χ0v) is 16.0. The summed E-state index contributed by atoms with van der Waals surface area (Å²) in [5.74, 6) is -0.106. The molecule has 2 N–H and O–H groups in total. The van der Waals surface area contributed by atoms with Crippen molar-refractivity contribution in [3.05, 3.63) is 104 Å². The summed E-state index contributed by atoms with van der Waals surface area (Å²) in [6.45, 7) is 0. The van der Waals surface area contributed by atoms with Crippen LogP contribution in [0.1, 0.15) is 17.0 Å². The minimum absolute atomic E-state index is 0.0400. The number of para-hydroxylation sites is 2. The molecule has 1 aliphatic rings. The topological polar surface area (TPSA) is 81.0 Å². The van der Waals surface area contributed by atoms with Gasteiger partial charge in [0.05, 0.1) is 17.0 Å². The molecular weight excluding hydrogens is 382 g/mol. The van der Waals surface area contributed by atoms with E-state index in [-0.39, 0.29) is 17.0 Å². The molecule has 5 rings (SSSR count). The lowest BCUT2D eigenvalue weighted by Gasteiger charge is -2.27. The minimum Gasteiger partial charge on any atom is -0.439 e. The highest BCUT2D eigenvalue weighted by molar-refractivity contribution is 7.08. The standard InChI is InChI=1S/C23H15N3O2S/c24-12-17-19(14-10-11-29-13-14)20-21(28-22(17)25)16-8-4-5-9-18(16)26(23(20)27)15-6-2-1-3-7-15/h1-11,13,19H,25H2. The van der Waals surface area contributed by atoms with E-state index in [1.165, 1.54) is 11.3 Å². The third-order valence-electron chi connectivity index (χ3n) is 5.13. The molecule has 4 aromatic rings. The van der Waals surface area contributed by atoms with E-state index in [1.807, 2.05) is 71.4 Å². The van der Waals surface area contributed by atoms with E-state index < -0.39 is 5.92 Å². The molecule has 0 spiro atoms. The average molecular weight is 397 g/mol. The van der Waals surface area contributed by atoms with Gasteiger partial charge < -0.3 is 10.5 Å². The summed E-state index contributed by atoms with van der Waals surface area (Å²) in [6, 6.07) is 21.1. The van der Waals surface area contributed by atoms with Crippen molar-refractivity contribution in [1.82, 2.24) is 4.57 Å². The maximum Gasteiger partial charge on any atom is 0.263 e. The van der Waals surface area contributed by atoms with E-state index >= 15 is 0 Å². The van der Waals surface area contributed by atoms with Gasteiger partial charge >= 0.3 is 0 Å². The normalized spacial score (nSPS) is 15.6. The number of aromatic nitrogens is 1. The van der Waals surface area contributed by atoms with Crippen molar-refractivity contribution in [2.45, 2.75) is 5.92 Å². The van der Waals surface area contributed by atoms with Gasteiger partial charge in [0, 0.05) is 11.1 Å². The maximum absolute atomic E-state index is 13.8. The van der Waals surface area contributed by atoms with Gasteiger partial charge in [-0.25, -0.2) is 0 Å². The number of rotatable bonds is 2. The Kier molecular flexibility index (Phi) is 3.97. The van der Waals surface area contributed by atoms with Crippen LogP contribution < -0.4 is 16.0 Å². The van der Waals surface area contributed by atoms with E-state index in [1.54, 1.807) is 4.57 Å². The quantitative estimate of drug-likeness (QED) is 0.548. The van der Waals surface area contributed by atoms with Crippen molar-refractivity contribution in [3.63, 3.8) is 0 Å². The van der Waals surface area contributed by atoms with E-state index in [9.17, 15) is 10.1 Å². The molecule has 2 aromatic carbocycles. The van der Waals surface area contributed by atoms with E-state index in [2.05, 4.69) is 6.07 Å². The lowest BCUT2D eigenvalue weighted by Crippen LogP contribution is -2.31. The van der Waals surface area contributed by atoms with Gasteiger partial charge in [-0.2, -0.15) is 16.6 Å².